The van der Waals surface area contributed by atoms with Gasteiger partial charge in [0.1, 0.15) is 23.7 Å². The minimum Gasteiger partial charge on any atom is -0.394 e. The standard InChI is InChI=1S/C20H21FN6O2.ClH/c1-12(10-28)27-11-23-26-19(27)17-3-2-4-18(24-17)25-20(29)15-7-14-9-22-6-5-13(14)8-16(15)21;/h2-4,7-8,11-12,22,28H,5-6,9-10H2,1H3,(H,24,25,29);1H/t12-;/m1./s1. The van der Waals surface area contributed by atoms with E-state index in [4.69, 9.17) is 0 Å². The second-order valence-corrected chi connectivity index (χ2v) is 6.98. The van der Waals surface area contributed by atoms with E-state index < -0.39 is 11.7 Å². The maximum absolute atomic E-state index is 14.5. The van der Waals surface area contributed by atoms with Crippen LogP contribution in [0, 0.1) is 5.82 Å². The van der Waals surface area contributed by atoms with Gasteiger partial charge in [-0.3, -0.25) is 4.79 Å². The Bertz CT molecular complexity index is 1060. The quantitative estimate of drug-likeness (QED) is 0.571. The van der Waals surface area contributed by atoms with Gasteiger partial charge in [0.2, 0.25) is 0 Å². The van der Waals surface area contributed by atoms with Gasteiger partial charge in [-0.05, 0) is 55.3 Å². The Balaban J connectivity index is 0.00000256. The number of aromatic nitrogens is 4. The zero-order chi connectivity index (χ0) is 20.4. The van der Waals surface area contributed by atoms with E-state index in [0.717, 1.165) is 24.1 Å². The number of nitrogens with one attached hydrogen (secondary N) is 2. The molecule has 2 aromatic heterocycles. The molecule has 4 rings (SSSR count). The number of aliphatic hydroxyl groups excluding tert-OH is 1. The number of nitrogens with zero attached hydrogens (tertiary/aromatic N) is 4. The molecule has 1 aliphatic rings. The van der Waals surface area contributed by atoms with Crippen LogP contribution in [-0.4, -0.2) is 43.9 Å². The van der Waals surface area contributed by atoms with E-state index in [9.17, 15) is 14.3 Å². The molecule has 0 spiro atoms. The largest absolute Gasteiger partial charge is 0.394 e. The average Bonchev–Trinajstić information content (AvgIpc) is 3.23. The second kappa shape index (κ2) is 9.29. The molecule has 0 saturated carbocycles. The van der Waals surface area contributed by atoms with Crippen LogP contribution in [-0.2, 0) is 13.0 Å². The van der Waals surface area contributed by atoms with Crippen molar-refractivity contribution in [3.05, 3.63) is 59.2 Å². The minimum atomic E-state index is -0.564. The molecule has 0 aliphatic carbocycles. The van der Waals surface area contributed by atoms with Crippen molar-refractivity contribution in [2.45, 2.75) is 25.9 Å². The predicted octanol–water partition coefficient (Wildman–Crippen LogP) is 2.35. The second-order valence-electron chi connectivity index (χ2n) is 6.98. The summed E-state index contributed by atoms with van der Waals surface area (Å²) in [5, 5.41) is 23.2. The number of rotatable bonds is 5. The van der Waals surface area contributed by atoms with Gasteiger partial charge >= 0.3 is 0 Å². The maximum Gasteiger partial charge on any atom is 0.259 e. The lowest BCUT2D eigenvalue weighted by Gasteiger charge is -2.18. The average molecular weight is 433 g/mol. The van der Waals surface area contributed by atoms with E-state index in [0.29, 0.717) is 18.1 Å². The number of carbonyl (C=O) groups is 1. The van der Waals surface area contributed by atoms with Crippen LogP contribution in [0.25, 0.3) is 11.5 Å². The van der Waals surface area contributed by atoms with Crippen LogP contribution in [0.1, 0.15) is 34.5 Å². The van der Waals surface area contributed by atoms with Gasteiger partial charge in [0.05, 0.1) is 18.2 Å². The number of hydrogen-bond acceptors (Lipinski definition) is 6. The van der Waals surface area contributed by atoms with Crippen molar-refractivity contribution in [2.75, 3.05) is 18.5 Å². The summed E-state index contributed by atoms with van der Waals surface area (Å²) in [7, 11) is 0. The monoisotopic (exact) mass is 432 g/mol. The van der Waals surface area contributed by atoms with Crippen LogP contribution in [0.5, 0.6) is 0 Å². The fraction of sp³-hybridized carbons (Fsp3) is 0.300. The molecule has 0 radical (unpaired) electrons. The van der Waals surface area contributed by atoms with Crippen molar-refractivity contribution in [3.8, 4) is 11.5 Å². The molecule has 0 bridgehead atoms. The molecular formula is C20H22ClFN6O2. The number of amides is 1. The smallest absolute Gasteiger partial charge is 0.259 e. The molecule has 158 valence electrons. The summed E-state index contributed by atoms with van der Waals surface area (Å²) < 4.78 is 16.2. The summed E-state index contributed by atoms with van der Waals surface area (Å²) in [6.07, 6.45) is 2.25. The van der Waals surface area contributed by atoms with Gasteiger partial charge < -0.3 is 20.3 Å². The molecule has 1 aliphatic heterocycles. The molecule has 10 heteroatoms. The molecular weight excluding hydrogens is 411 g/mol. The molecule has 30 heavy (non-hydrogen) atoms. The third-order valence-corrected chi connectivity index (χ3v) is 4.95. The topological polar surface area (TPSA) is 105 Å². The van der Waals surface area contributed by atoms with Gasteiger partial charge in [-0.2, -0.15) is 0 Å². The van der Waals surface area contributed by atoms with Crippen LogP contribution in [0.2, 0.25) is 0 Å². The summed E-state index contributed by atoms with van der Waals surface area (Å²) in [6, 6.07) is 7.87. The number of carbonyl (C=O) groups excluding carboxylic acids is 1. The summed E-state index contributed by atoms with van der Waals surface area (Å²) in [4.78, 5) is 17.1. The highest BCUT2D eigenvalue weighted by molar-refractivity contribution is 6.04. The number of benzene rings is 1. The molecule has 3 heterocycles. The highest BCUT2D eigenvalue weighted by atomic mass is 35.5. The number of fused-ring (bicyclic) bond motifs is 1. The van der Waals surface area contributed by atoms with Crippen LogP contribution in [0.15, 0.2) is 36.7 Å². The van der Waals surface area contributed by atoms with Gasteiger partial charge in [-0.15, -0.1) is 22.6 Å². The minimum absolute atomic E-state index is 0. The molecule has 0 unspecified atom stereocenters. The number of aliphatic hydroxyl groups is 1. The Morgan fingerprint density at radius 2 is 2.20 bits per heavy atom. The van der Waals surface area contributed by atoms with Crippen molar-refractivity contribution < 1.29 is 14.3 Å². The molecule has 1 atom stereocenters. The Morgan fingerprint density at radius 3 is 3.00 bits per heavy atom. The lowest BCUT2D eigenvalue weighted by molar-refractivity contribution is 0.102. The summed E-state index contributed by atoms with van der Waals surface area (Å²) >= 11 is 0. The van der Waals surface area contributed by atoms with Crippen molar-refractivity contribution in [1.82, 2.24) is 25.1 Å². The van der Waals surface area contributed by atoms with Crippen LogP contribution >= 0.6 is 12.4 Å². The van der Waals surface area contributed by atoms with Crippen molar-refractivity contribution in [2.24, 2.45) is 0 Å². The first kappa shape index (κ1) is 21.8. The lowest BCUT2D eigenvalue weighted by Crippen LogP contribution is -2.25. The van der Waals surface area contributed by atoms with Gasteiger partial charge in [0.25, 0.3) is 5.91 Å². The van der Waals surface area contributed by atoms with Crippen LogP contribution in [0.3, 0.4) is 0 Å². The first-order valence-corrected chi connectivity index (χ1v) is 9.38. The van der Waals surface area contributed by atoms with Crippen molar-refractivity contribution in [1.29, 1.82) is 0 Å². The lowest BCUT2D eigenvalue weighted by atomic mass is 9.98. The zero-order valence-corrected chi connectivity index (χ0v) is 17.1. The predicted molar refractivity (Wildman–Crippen MR) is 112 cm³/mol. The van der Waals surface area contributed by atoms with E-state index >= 15 is 0 Å². The van der Waals surface area contributed by atoms with Gasteiger partial charge in [0, 0.05) is 6.54 Å². The number of halogens is 2. The van der Waals surface area contributed by atoms with Crippen molar-refractivity contribution >= 4 is 24.1 Å². The Kier molecular flexibility index (Phi) is 6.76. The summed E-state index contributed by atoms with van der Waals surface area (Å²) in [5.41, 5.74) is 2.32. The highest BCUT2D eigenvalue weighted by Gasteiger charge is 2.19. The molecule has 3 N–H and O–H groups in total. The number of pyridine rings is 1. The molecule has 1 aromatic carbocycles. The first-order valence-electron chi connectivity index (χ1n) is 9.38. The zero-order valence-electron chi connectivity index (χ0n) is 16.3. The normalized spacial score (nSPS) is 13.8. The highest BCUT2D eigenvalue weighted by Crippen LogP contribution is 2.22. The summed E-state index contributed by atoms with van der Waals surface area (Å²) in [5.74, 6) is -0.371. The Labute approximate surface area is 179 Å². The fourth-order valence-electron chi connectivity index (χ4n) is 3.33. The molecule has 3 aromatic rings. The van der Waals surface area contributed by atoms with E-state index in [2.05, 4.69) is 25.8 Å². The third-order valence-electron chi connectivity index (χ3n) is 4.95. The van der Waals surface area contributed by atoms with Crippen LogP contribution in [0.4, 0.5) is 10.2 Å². The third kappa shape index (κ3) is 4.33. The van der Waals surface area contributed by atoms with E-state index in [1.807, 2.05) is 6.92 Å². The van der Waals surface area contributed by atoms with Gasteiger partial charge in [0.15, 0.2) is 5.82 Å². The van der Waals surface area contributed by atoms with E-state index in [-0.39, 0.29) is 36.4 Å². The molecule has 1 amide bonds. The fourth-order valence-corrected chi connectivity index (χ4v) is 3.33. The number of hydrogen-bond donors (Lipinski definition) is 3. The van der Waals surface area contributed by atoms with Gasteiger partial charge in [-0.1, -0.05) is 6.07 Å². The molecule has 8 nitrogen and oxygen atoms in total. The maximum atomic E-state index is 14.5. The Hall–Kier alpha value is -2.88. The Morgan fingerprint density at radius 1 is 1.37 bits per heavy atom. The molecule has 0 saturated heterocycles. The number of anilines is 1. The molecule has 0 fully saturated rings. The van der Waals surface area contributed by atoms with Gasteiger partial charge in [-0.25, -0.2) is 9.37 Å². The van der Waals surface area contributed by atoms with E-state index in [1.54, 1.807) is 28.8 Å². The van der Waals surface area contributed by atoms with Crippen LogP contribution < -0.4 is 10.6 Å². The SMILES string of the molecule is C[C@H](CO)n1cnnc1-c1cccc(NC(=O)c2cc3c(cc2F)CCNC3)n1.Cl. The first-order chi connectivity index (χ1) is 14.1. The van der Waals surface area contributed by atoms with E-state index in [1.165, 1.54) is 12.4 Å². The summed E-state index contributed by atoms with van der Waals surface area (Å²) in [6.45, 7) is 3.16. The van der Waals surface area contributed by atoms with Crippen molar-refractivity contribution in [3.63, 3.8) is 0 Å².